The maximum absolute atomic E-state index is 12.3. The van der Waals surface area contributed by atoms with E-state index in [1.54, 1.807) is 7.05 Å². The summed E-state index contributed by atoms with van der Waals surface area (Å²) in [5, 5.41) is 19.9. The molecule has 1 aromatic heterocycles. The lowest BCUT2D eigenvalue weighted by atomic mass is 9.82. The van der Waals surface area contributed by atoms with Crippen molar-refractivity contribution in [2.24, 2.45) is 5.92 Å². The molecule has 1 aliphatic carbocycles. The van der Waals surface area contributed by atoms with Gasteiger partial charge in [0.15, 0.2) is 0 Å². The first-order valence-electron chi connectivity index (χ1n) is 6.12. The minimum absolute atomic E-state index is 0.0719. The molecule has 0 saturated heterocycles. The van der Waals surface area contributed by atoms with Gasteiger partial charge in [-0.05, 0) is 24.8 Å². The average Bonchev–Trinajstić information content (AvgIpc) is 2.35. The van der Waals surface area contributed by atoms with E-state index in [1.807, 2.05) is 0 Å². The number of nitro groups is 1. The Hall–Kier alpha value is -1.73. The monoisotopic (exact) mass is 299 g/mol. The SMILES string of the molecule is CN(CC1CC(O)C1)C(=O)c1ccnc(Cl)c1[N+](=O)[O-]. The number of aromatic nitrogens is 1. The van der Waals surface area contributed by atoms with Crippen LogP contribution >= 0.6 is 11.6 Å². The van der Waals surface area contributed by atoms with Crippen LogP contribution in [-0.2, 0) is 0 Å². The lowest BCUT2D eigenvalue weighted by Gasteiger charge is -2.34. The van der Waals surface area contributed by atoms with Crippen LogP contribution in [0.1, 0.15) is 23.2 Å². The molecule has 7 nitrogen and oxygen atoms in total. The molecule has 20 heavy (non-hydrogen) atoms. The zero-order valence-corrected chi connectivity index (χ0v) is 11.6. The maximum Gasteiger partial charge on any atom is 0.319 e. The van der Waals surface area contributed by atoms with Crippen molar-refractivity contribution in [2.45, 2.75) is 18.9 Å². The van der Waals surface area contributed by atoms with E-state index in [0.717, 1.165) is 0 Å². The van der Waals surface area contributed by atoms with Crippen molar-refractivity contribution in [3.8, 4) is 0 Å². The Balaban J connectivity index is 2.16. The summed E-state index contributed by atoms with van der Waals surface area (Å²) in [6.07, 6.45) is 2.27. The van der Waals surface area contributed by atoms with Gasteiger partial charge < -0.3 is 10.0 Å². The van der Waals surface area contributed by atoms with Crippen molar-refractivity contribution in [3.63, 3.8) is 0 Å². The smallest absolute Gasteiger partial charge is 0.319 e. The van der Waals surface area contributed by atoms with Gasteiger partial charge in [0.05, 0.1) is 11.0 Å². The molecule has 1 saturated carbocycles. The number of pyridine rings is 1. The van der Waals surface area contributed by atoms with Crippen molar-refractivity contribution in [2.75, 3.05) is 13.6 Å². The fourth-order valence-electron chi connectivity index (χ4n) is 2.30. The molecule has 1 amide bonds. The molecule has 2 rings (SSSR count). The van der Waals surface area contributed by atoms with Crippen LogP contribution < -0.4 is 0 Å². The highest BCUT2D eigenvalue weighted by atomic mass is 35.5. The summed E-state index contributed by atoms with van der Waals surface area (Å²) in [7, 11) is 1.57. The third kappa shape index (κ3) is 2.88. The molecular formula is C12H14ClN3O4. The number of rotatable bonds is 4. The molecule has 0 radical (unpaired) electrons. The number of aliphatic hydroxyl groups excluding tert-OH is 1. The quantitative estimate of drug-likeness (QED) is 0.516. The summed E-state index contributed by atoms with van der Waals surface area (Å²) in [6, 6.07) is 1.29. The van der Waals surface area contributed by atoms with Gasteiger partial charge in [-0.3, -0.25) is 14.9 Å². The summed E-state index contributed by atoms with van der Waals surface area (Å²) in [6.45, 7) is 0.451. The van der Waals surface area contributed by atoms with Gasteiger partial charge in [-0.2, -0.15) is 0 Å². The first-order chi connectivity index (χ1) is 9.40. The van der Waals surface area contributed by atoms with Gasteiger partial charge in [0.25, 0.3) is 5.91 Å². The molecule has 1 N–H and O–H groups in total. The van der Waals surface area contributed by atoms with E-state index in [4.69, 9.17) is 11.6 Å². The number of amides is 1. The Morgan fingerprint density at radius 2 is 2.30 bits per heavy atom. The van der Waals surface area contributed by atoms with E-state index in [9.17, 15) is 20.0 Å². The lowest BCUT2D eigenvalue weighted by Crippen LogP contribution is -2.39. The van der Waals surface area contributed by atoms with Crippen molar-refractivity contribution < 1.29 is 14.8 Å². The number of aliphatic hydroxyl groups is 1. The molecule has 0 spiro atoms. The maximum atomic E-state index is 12.3. The number of carbonyl (C=O) groups is 1. The van der Waals surface area contributed by atoms with Gasteiger partial charge in [0, 0.05) is 19.8 Å². The van der Waals surface area contributed by atoms with Gasteiger partial charge in [-0.1, -0.05) is 11.6 Å². The van der Waals surface area contributed by atoms with E-state index in [1.165, 1.54) is 17.2 Å². The average molecular weight is 300 g/mol. The summed E-state index contributed by atoms with van der Waals surface area (Å²) < 4.78 is 0. The van der Waals surface area contributed by atoms with Crippen molar-refractivity contribution in [1.82, 2.24) is 9.88 Å². The van der Waals surface area contributed by atoms with Crippen LogP contribution in [0.2, 0.25) is 5.15 Å². The number of nitrogens with zero attached hydrogens (tertiary/aromatic N) is 3. The molecule has 1 fully saturated rings. The molecule has 8 heteroatoms. The molecule has 0 bridgehead atoms. The number of halogens is 1. The molecule has 1 aromatic rings. The third-order valence-corrected chi connectivity index (χ3v) is 3.66. The number of hydrogen-bond donors (Lipinski definition) is 1. The van der Waals surface area contributed by atoms with Crippen LogP contribution in [0, 0.1) is 16.0 Å². The second-order valence-corrected chi connectivity index (χ2v) is 5.29. The summed E-state index contributed by atoms with van der Waals surface area (Å²) in [4.78, 5) is 27.6. The zero-order chi connectivity index (χ0) is 14.9. The Morgan fingerprint density at radius 3 is 2.85 bits per heavy atom. The zero-order valence-electron chi connectivity index (χ0n) is 10.8. The van der Waals surface area contributed by atoms with E-state index >= 15 is 0 Å². The minimum Gasteiger partial charge on any atom is -0.393 e. The van der Waals surface area contributed by atoms with Gasteiger partial charge in [0.2, 0.25) is 5.15 Å². The van der Waals surface area contributed by atoms with Gasteiger partial charge in [0.1, 0.15) is 5.56 Å². The summed E-state index contributed by atoms with van der Waals surface area (Å²) >= 11 is 5.68. The Morgan fingerprint density at radius 1 is 1.65 bits per heavy atom. The first-order valence-corrected chi connectivity index (χ1v) is 6.50. The molecule has 0 aromatic carbocycles. The van der Waals surface area contributed by atoms with Gasteiger partial charge in [-0.25, -0.2) is 4.98 Å². The van der Waals surface area contributed by atoms with Crippen LogP contribution in [0.5, 0.6) is 0 Å². The van der Waals surface area contributed by atoms with Crippen LogP contribution in [0.15, 0.2) is 12.3 Å². The molecule has 1 heterocycles. The van der Waals surface area contributed by atoms with Gasteiger partial charge >= 0.3 is 5.69 Å². The third-order valence-electron chi connectivity index (χ3n) is 3.38. The fraction of sp³-hybridized carbons (Fsp3) is 0.500. The fourth-order valence-corrected chi connectivity index (χ4v) is 2.53. The molecule has 0 atom stereocenters. The highest BCUT2D eigenvalue weighted by Gasteiger charge is 2.31. The van der Waals surface area contributed by atoms with Gasteiger partial charge in [-0.15, -0.1) is 0 Å². The van der Waals surface area contributed by atoms with Crippen LogP contribution in [-0.4, -0.2) is 45.5 Å². The molecule has 0 unspecified atom stereocenters. The van der Waals surface area contributed by atoms with E-state index < -0.39 is 16.5 Å². The van der Waals surface area contributed by atoms with E-state index in [0.29, 0.717) is 19.4 Å². The Kier molecular flexibility index (Phi) is 4.20. The first kappa shape index (κ1) is 14.7. The Bertz CT molecular complexity index is 546. The minimum atomic E-state index is -0.705. The highest BCUT2D eigenvalue weighted by Crippen LogP contribution is 2.30. The van der Waals surface area contributed by atoms with Crippen molar-refractivity contribution >= 4 is 23.2 Å². The largest absolute Gasteiger partial charge is 0.393 e. The van der Waals surface area contributed by atoms with E-state index in [-0.39, 0.29) is 22.7 Å². The topological polar surface area (TPSA) is 96.6 Å². The second kappa shape index (κ2) is 5.72. The predicted molar refractivity (Wildman–Crippen MR) is 71.6 cm³/mol. The van der Waals surface area contributed by atoms with Crippen molar-refractivity contribution in [3.05, 3.63) is 33.1 Å². The second-order valence-electron chi connectivity index (χ2n) is 4.93. The highest BCUT2D eigenvalue weighted by molar-refractivity contribution is 6.32. The van der Waals surface area contributed by atoms with Crippen molar-refractivity contribution in [1.29, 1.82) is 0 Å². The lowest BCUT2D eigenvalue weighted by molar-refractivity contribution is -0.385. The van der Waals surface area contributed by atoms with Crippen LogP contribution in [0.25, 0.3) is 0 Å². The van der Waals surface area contributed by atoms with Crippen LogP contribution in [0.4, 0.5) is 5.69 Å². The number of hydrogen-bond acceptors (Lipinski definition) is 5. The standard InChI is InChI=1S/C12H14ClN3O4/c1-15(6-7-4-8(17)5-7)12(18)9-2-3-14-11(13)10(9)16(19)20/h2-3,7-8,17H,4-6H2,1H3. The molecule has 0 aliphatic heterocycles. The summed E-state index contributed by atoms with van der Waals surface area (Å²) in [5.74, 6) is -0.238. The van der Waals surface area contributed by atoms with E-state index in [2.05, 4.69) is 4.98 Å². The molecular weight excluding hydrogens is 286 g/mol. The summed E-state index contributed by atoms with van der Waals surface area (Å²) in [5.41, 5.74) is -0.544. The Labute approximate surface area is 120 Å². The van der Waals surface area contributed by atoms with Crippen LogP contribution in [0.3, 0.4) is 0 Å². The number of carbonyl (C=O) groups excluding carboxylic acids is 1. The molecule has 1 aliphatic rings. The molecule has 108 valence electrons. The predicted octanol–water partition coefficient (Wildman–Crippen LogP) is 1.49. The normalized spacial score (nSPS) is 21.1.